The van der Waals surface area contributed by atoms with E-state index < -0.39 is 10.8 Å². The molecule has 0 aliphatic carbocycles. The number of benzene rings is 2. The van der Waals surface area contributed by atoms with Gasteiger partial charge in [-0.15, -0.1) is 0 Å². The highest BCUT2D eigenvalue weighted by Gasteiger charge is 2.19. The second-order valence-corrected chi connectivity index (χ2v) is 6.31. The van der Waals surface area contributed by atoms with E-state index in [-0.39, 0.29) is 22.7 Å². The van der Waals surface area contributed by atoms with Gasteiger partial charge in [0.2, 0.25) is 0 Å². The zero-order valence-electron chi connectivity index (χ0n) is 14.9. The number of hydrogen-bond donors (Lipinski definition) is 2. The summed E-state index contributed by atoms with van der Waals surface area (Å²) in [6.07, 6.45) is 0. The number of nitro benzene ring substituents is 1. The Morgan fingerprint density at radius 2 is 1.69 bits per heavy atom. The summed E-state index contributed by atoms with van der Waals surface area (Å²) in [6, 6.07) is 11.0. The first kappa shape index (κ1) is 19.1. The molecular weight excluding hydrogens is 334 g/mol. The molecule has 0 atom stereocenters. The van der Waals surface area contributed by atoms with Gasteiger partial charge in [-0.25, -0.2) is 0 Å². The van der Waals surface area contributed by atoms with Gasteiger partial charge in [-0.1, -0.05) is 32.0 Å². The molecule has 0 unspecified atom stereocenters. The van der Waals surface area contributed by atoms with Gasteiger partial charge in [0.05, 0.1) is 16.2 Å². The second kappa shape index (κ2) is 8.24. The molecule has 0 aliphatic rings. The third-order valence-electron chi connectivity index (χ3n) is 3.84. The van der Waals surface area contributed by atoms with Crippen LogP contribution in [0.4, 0.5) is 11.4 Å². The lowest BCUT2D eigenvalue weighted by atomic mass is 10.1. The van der Waals surface area contributed by atoms with Crippen molar-refractivity contribution in [1.29, 1.82) is 0 Å². The lowest BCUT2D eigenvalue weighted by Gasteiger charge is -2.13. The van der Waals surface area contributed by atoms with E-state index >= 15 is 0 Å². The van der Waals surface area contributed by atoms with Crippen molar-refractivity contribution in [2.45, 2.75) is 20.8 Å². The summed E-state index contributed by atoms with van der Waals surface area (Å²) in [5.74, 6) is -0.492. The van der Waals surface area contributed by atoms with Crippen LogP contribution >= 0.6 is 0 Å². The normalized spacial score (nSPS) is 10.5. The van der Waals surface area contributed by atoms with Gasteiger partial charge in [0.15, 0.2) is 0 Å². The van der Waals surface area contributed by atoms with Crippen LogP contribution in [0.5, 0.6) is 0 Å². The predicted octanol–water partition coefficient (Wildman–Crippen LogP) is 3.54. The smallest absolute Gasteiger partial charge is 0.273 e. The first-order valence-electron chi connectivity index (χ1n) is 8.23. The SMILES string of the molecule is Cc1c(C(=O)Nc2ccccc2C(=O)NCC(C)C)cccc1[N+](=O)[O-]. The number of amides is 2. The molecule has 7 heteroatoms. The van der Waals surface area contributed by atoms with Crippen molar-refractivity contribution >= 4 is 23.2 Å². The Kier molecular flexibility index (Phi) is 6.06. The first-order chi connectivity index (χ1) is 12.3. The molecule has 2 N–H and O–H groups in total. The molecule has 0 bridgehead atoms. The van der Waals surface area contributed by atoms with Crippen LogP contribution in [-0.4, -0.2) is 23.3 Å². The van der Waals surface area contributed by atoms with Crippen LogP contribution in [0, 0.1) is 23.0 Å². The Morgan fingerprint density at radius 1 is 1.04 bits per heavy atom. The quantitative estimate of drug-likeness (QED) is 0.611. The largest absolute Gasteiger partial charge is 0.352 e. The molecule has 0 heterocycles. The maximum Gasteiger partial charge on any atom is 0.273 e. The average Bonchev–Trinajstić information content (AvgIpc) is 2.59. The van der Waals surface area contributed by atoms with E-state index in [1.165, 1.54) is 25.1 Å². The van der Waals surface area contributed by atoms with E-state index in [0.717, 1.165) is 0 Å². The lowest BCUT2D eigenvalue weighted by molar-refractivity contribution is -0.385. The average molecular weight is 355 g/mol. The number of anilines is 1. The van der Waals surface area contributed by atoms with Gasteiger partial charge in [0, 0.05) is 23.7 Å². The Labute approximate surface area is 151 Å². The minimum absolute atomic E-state index is 0.124. The van der Waals surface area contributed by atoms with Crippen molar-refractivity contribution in [2.75, 3.05) is 11.9 Å². The van der Waals surface area contributed by atoms with Gasteiger partial charge in [-0.2, -0.15) is 0 Å². The van der Waals surface area contributed by atoms with Gasteiger partial charge in [-0.3, -0.25) is 19.7 Å². The number of nitrogens with one attached hydrogen (secondary N) is 2. The Hall–Kier alpha value is -3.22. The van der Waals surface area contributed by atoms with Crippen LogP contribution in [0.25, 0.3) is 0 Å². The van der Waals surface area contributed by atoms with Crippen LogP contribution in [0.3, 0.4) is 0 Å². The summed E-state index contributed by atoms with van der Waals surface area (Å²) in [6.45, 7) is 6.01. The van der Waals surface area contributed by atoms with Crippen LogP contribution in [-0.2, 0) is 0 Å². The number of nitro groups is 1. The number of carbonyl (C=O) groups excluding carboxylic acids is 2. The Morgan fingerprint density at radius 3 is 2.35 bits per heavy atom. The minimum Gasteiger partial charge on any atom is -0.352 e. The molecule has 7 nitrogen and oxygen atoms in total. The molecule has 0 aromatic heterocycles. The van der Waals surface area contributed by atoms with Crippen LogP contribution in [0.15, 0.2) is 42.5 Å². The molecule has 2 amide bonds. The van der Waals surface area contributed by atoms with Crippen LogP contribution in [0.1, 0.15) is 40.1 Å². The van der Waals surface area contributed by atoms with Gasteiger partial charge in [0.25, 0.3) is 17.5 Å². The highest BCUT2D eigenvalue weighted by atomic mass is 16.6. The molecule has 2 aromatic rings. The molecule has 136 valence electrons. The summed E-state index contributed by atoms with van der Waals surface area (Å²) in [7, 11) is 0. The Bertz CT molecular complexity index is 846. The Balaban J connectivity index is 2.27. The van der Waals surface area contributed by atoms with E-state index in [2.05, 4.69) is 10.6 Å². The molecule has 0 radical (unpaired) electrons. The molecular formula is C19H21N3O4. The summed E-state index contributed by atoms with van der Waals surface area (Å²) >= 11 is 0. The van der Waals surface area contributed by atoms with Crippen molar-refractivity contribution in [1.82, 2.24) is 5.32 Å². The molecule has 0 spiro atoms. The van der Waals surface area contributed by atoms with Crippen molar-refractivity contribution in [3.05, 3.63) is 69.3 Å². The molecule has 0 saturated carbocycles. The van der Waals surface area contributed by atoms with E-state index in [1.54, 1.807) is 24.3 Å². The van der Waals surface area contributed by atoms with Gasteiger partial charge in [0.1, 0.15) is 0 Å². The second-order valence-electron chi connectivity index (χ2n) is 6.31. The number of para-hydroxylation sites is 1. The summed E-state index contributed by atoms with van der Waals surface area (Å²) in [5.41, 5.74) is 1.03. The number of nitrogens with zero attached hydrogens (tertiary/aromatic N) is 1. The number of hydrogen-bond acceptors (Lipinski definition) is 4. The molecule has 0 fully saturated rings. The molecule has 2 rings (SSSR count). The zero-order valence-corrected chi connectivity index (χ0v) is 14.9. The fourth-order valence-corrected chi connectivity index (χ4v) is 2.44. The predicted molar refractivity (Wildman–Crippen MR) is 99.4 cm³/mol. The highest BCUT2D eigenvalue weighted by Crippen LogP contribution is 2.23. The fraction of sp³-hybridized carbons (Fsp3) is 0.263. The maximum atomic E-state index is 12.6. The van der Waals surface area contributed by atoms with Crippen molar-refractivity contribution in [3.8, 4) is 0 Å². The molecule has 0 aliphatic heterocycles. The standard InChI is InChI=1S/C19H21N3O4/c1-12(2)11-20-18(23)15-7-4-5-9-16(15)21-19(24)14-8-6-10-17(13(14)3)22(25)26/h4-10,12H,11H2,1-3H3,(H,20,23)(H,21,24). The van der Waals surface area contributed by atoms with Crippen molar-refractivity contribution in [3.63, 3.8) is 0 Å². The number of carbonyl (C=O) groups is 2. The zero-order chi connectivity index (χ0) is 19.3. The summed E-state index contributed by atoms with van der Waals surface area (Å²) < 4.78 is 0. The third kappa shape index (κ3) is 4.44. The molecule has 2 aromatic carbocycles. The minimum atomic E-state index is -0.528. The molecule has 0 saturated heterocycles. The monoisotopic (exact) mass is 355 g/mol. The lowest BCUT2D eigenvalue weighted by Crippen LogP contribution is -2.28. The van der Waals surface area contributed by atoms with Gasteiger partial charge in [-0.05, 0) is 31.0 Å². The maximum absolute atomic E-state index is 12.6. The number of rotatable bonds is 6. The first-order valence-corrected chi connectivity index (χ1v) is 8.23. The topological polar surface area (TPSA) is 101 Å². The van der Waals surface area contributed by atoms with E-state index in [1.807, 2.05) is 13.8 Å². The van der Waals surface area contributed by atoms with Gasteiger partial charge >= 0.3 is 0 Å². The van der Waals surface area contributed by atoms with Crippen LogP contribution < -0.4 is 10.6 Å². The fourth-order valence-electron chi connectivity index (χ4n) is 2.44. The van der Waals surface area contributed by atoms with E-state index in [9.17, 15) is 19.7 Å². The van der Waals surface area contributed by atoms with Crippen LogP contribution in [0.2, 0.25) is 0 Å². The summed E-state index contributed by atoms with van der Waals surface area (Å²) in [5, 5.41) is 16.5. The third-order valence-corrected chi connectivity index (χ3v) is 3.84. The van der Waals surface area contributed by atoms with E-state index in [4.69, 9.17) is 0 Å². The van der Waals surface area contributed by atoms with E-state index in [0.29, 0.717) is 23.7 Å². The molecule has 26 heavy (non-hydrogen) atoms. The van der Waals surface area contributed by atoms with Gasteiger partial charge < -0.3 is 10.6 Å². The summed E-state index contributed by atoms with van der Waals surface area (Å²) in [4.78, 5) is 35.4. The highest BCUT2D eigenvalue weighted by molar-refractivity contribution is 6.09. The van der Waals surface area contributed by atoms with Crippen molar-refractivity contribution in [2.24, 2.45) is 5.92 Å². The van der Waals surface area contributed by atoms with Crippen molar-refractivity contribution < 1.29 is 14.5 Å².